The molecule has 0 spiro atoms. The van der Waals surface area contributed by atoms with Crippen LogP contribution < -0.4 is 0 Å². The van der Waals surface area contributed by atoms with Crippen molar-refractivity contribution in [2.75, 3.05) is 0 Å². The van der Waals surface area contributed by atoms with Gasteiger partial charge in [-0.25, -0.2) is 0 Å². The van der Waals surface area contributed by atoms with Crippen LogP contribution in [0.15, 0.2) is 10.5 Å². The van der Waals surface area contributed by atoms with E-state index in [4.69, 9.17) is 23.2 Å². The standard InChI is InChI=1S/C8H9BrCl2S/c1-2-3-6(10)7-4-5(9)8(11)12-7/h4,6H,2-3H2,1H3. The van der Waals surface area contributed by atoms with Gasteiger partial charge >= 0.3 is 0 Å². The number of alkyl halides is 1. The molecule has 0 bridgehead atoms. The molecule has 1 aromatic heterocycles. The third kappa shape index (κ3) is 2.63. The van der Waals surface area contributed by atoms with Crippen molar-refractivity contribution >= 4 is 50.5 Å². The molecule has 0 aliphatic rings. The molecule has 0 radical (unpaired) electrons. The van der Waals surface area contributed by atoms with Crippen LogP contribution in [0, 0.1) is 0 Å². The summed E-state index contributed by atoms with van der Waals surface area (Å²) in [7, 11) is 0. The van der Waals surface area contributed by atoms with Crippen LogP contribution in [0.3, 0.4) is 0 Å². The Labute approximate surface area is 95.0 Å². The number of hydrogen-bond donors (Lipinski definition) is 0. The van der Waals surface area contributed by atoms with Crippen molar-refractivity contribution in [3.8, 4) is 0 Å². The largest absolute Gasteiger partial charge is 0.126 e. The fourth-order valence-corrected chi connectivity index (χ4v) is 3.08. The van der Waals surface area contributed by atoms with Gasteiger partial charge in [-0.15, -0.1) is 22.9 Å². The molecule has 0 aromatic carbocycles. The Morgan fingerprint density at radius 1 is 1.67 bits per heavy atom. The summed E-state index contributed by atoms with van der Waals surface area (Å²) in [5.41, 5.74) is 0. The first-order chi connectivity index (χ1) is 5.65. The van der Waals surface area contributed by atoms with Gasteiger partial charge in [0.05, 0.1) is 5.38 Å². The number of rotatable bonds is 3. The van der Waals surface area contributed by atoms with Crippen molar-refractivity contribution < 1.29 is 0 Å². The van der Waals surface area contributed by atoms with E-state index in [2.05, 4.69) is 22.9 Å². The predicted molar refractivity (Wildman–Crippen MR) is 60.5 cm³/mol. The predicted octanol–water partition coefficient (Wildman–Crippen LogP) is 5.24. The molecule has 0 saturated heterocycles. The smallest absolute Gasteiger partial charge is 0.107 e. The molecule has 0 nitrogen and oxygen atoms in total. The van der Waals surface area contributed by atoms with Crippen molar-refractivity contribution in [2.24, 2.45) is 0 Å². The third-order valence-electron chi connectivity index (χ3n) is 1.52. The summed E-state index contributed by atoms with van der Waals surface area (Å²) < 4.78 is 1.73. The van der Waals surface area contributed by atoms with Crippen LogP contribution in [0.2, 0.25) is 4.34 Å². The molecule has 1 unspecified atom stereocenters. The van der Waals surface area contributed by atoms with Crippen LogP contribution >= 0.6 is 50.5 Å². The van der Waals surface area contributed by atoms with Gasteiger partial charge in [-0.3, -0.25) is 0 Å². The Morgan fingerprint density at radius 2 is 2.33 bits per heavy atom. The second-order valence-electron chi connectivity index (χ2n) is 2.53. The minimum absolute atomic E-state index is 0.115. The maximum absolute atomic E-state index is 6.12. The zero-order valence-electron chi connectivity index (χ0n) is 6.61. The lowest BCUT2D eigenvalue weighted by Gasteiger charge is -2.02. The highest BCUT2D eigenvalue weighted by Crippen LogP contribution is 2.38. The van der Waals surface area contributed by atoms with Gasteiger partial charge in [0.25, 0.3) is 0 Å². The average Bonchev–Trinajstić information content (AvgIpc) is 2.33. The van der Waals surface area contributed by atoms with Crippen molar-refractivity contribution in [3.05, 3.63) is 19.8 Å². The van der Waals surface area contributed by atoms with E-state index in [9.17, 15) is 0 Å². The molecule has 0 N–H and O–H groups in total. The van der Waals surface area contributed by atoms with Gasteiger partial charge in [-0.05, 0) is 28.4 Å². The minimum Gasteiger partial charge on any atom is -0.126 e. The first-order valence-electron chi connectivity index (χ1n) is 3.74. The van der Waals surface area contributed by atoms with E-state index in [-0.39, 0.29) is 5.38 Å². The number of thiophene rings is 1. The highest BCUT2D eigenvalue weighted by atomic mass is 79.9. The van der Waals surface area contributed by atoms with Crippen LogP contribution in [-0.2, 0) is 0 Å². The molecule has 0 saturated carbocycles. The number of halogens is 3. The molecular formula is C8H9BrCl2S. The summed E-state index contributed by atoms with van der Waals surface area (Å²) in [6, 6.07) is 2.00. The highest BCUT2D eigenvalue weighted by Gasteiger charge is 2.11. The molecule has 1 aromatic rings. The zero-order valence-corrected chi connectivity index (χ0v) is 10.5. The number of hydrogen-bond acceptors (Lipinski definition) is 1. The Hall–Kier alpha value is 0.760. The Kier molecular flexibility index (Phi) is 4.38. The average molecular weight is 288 g/mol. The highest BCUT2D eigenvalue weighted by molar-refractivity contribution is 9.10. The summed E-state index contributed by atoms with van der Waals surface area (Å²) in [5, 5.41) is 0.115. The van der Waals surface area contributed by atoms with Gasteiger partial charge in [-0.1, -0.05) is 24.9 Å². The summed E-state index contributed by atoms with van der Waals surface area (Å²) in [6.45, 7) is 2.12. The fraction of sp³-hybridized carbons (Fsp3) is 0.500. The molecule has 1 heterocycles. The molecule has 68 valence electrons. The van der Waals surface area contributed by atoms with E-state index >= 15 is 0 Å². The van der Waals surface area contributed by atoms with Crippen molar-refractivity contribution in [1.29, 1.82) is 0 Å². The molecule has 0 fully saturated rings. The molecule has 1 atom stereocenters. The maximum atomic E-state index is 6.12. The molecule has 1 rings (SSSR count). The monoisotopic (exact) mass is 286 g/mol. The van der Waals surface area contributed by atoms with E-state index in [1.165, 1.54) is 0 Å². The topological polar surface area (TPSA) is 0 Å². The fourth-order valence-electron chi connectivity index (χ4n) is 0.913. The van der Waals surface area contributed by atoms with Gasteiger partial charge < -0.3 is 0 Å². The van der Waals surface area contributed by atoms with Crippen LogP contribution in [0.25, 0.3) is 0 Å². The Morgan fingerprint density at radius 3 is 2.75 bits per heavy atom. The van der Waals surface area contributed by atoms with Gasteiger partial charge in [0.1, 0.15) is 4.34 Å². The van der Waals surface area contributed by atoms with Gasteiger partial charge in [0.2, 0.25) is 0 Å². The van der Waals surface area contributed by atoms with E-state index in [1.54, 1.807) is 11.3 Å². The SMILES string of the molecule is CCCC(Cl)c1cc(Br)c(Cl)s1. The summed E-state index contributed by atoms with van der Waals surface area (Å²) in [5.74, 6) is 0. The maximum Gasteiger partial charge on any atom is 0.107 e. The van der Waals surface area contributed by atoms with E-state index in [0.717, 1.165) is 26.5 Å². The van der Waals surface area contributed by atoms with Crippen LogP contribution in [-0.4, -0.2) is 0 Å². The van der Waals surface area contributed by atoms with Crippen molar-refractivity contribution in [2.45, 2.75) is 25.1 Å². The zero-order chi connectivity index (χ0) is 9.14. The summed E-state index contributed by atoms with van der Waals surface area (Å²) >= 11 is 16.9. The van der Waals surface area contributed by atoms with E-state index in [1.807, 2.05) is 6.07 Å². The summed E-state index contributed by atoms with van der Waals surface area (Å²) in [6.07, 6.45) is 2.10. The van der Waals surface area contributed by atoms with Gasteiger partial charge in [-0.2, -0.15) is 0 Å². The van der Waals surface area contributed by atoms with Crippen LogP contribution in [0.1, 0.15) is 30.0 Å². The second-order valence-corrected chi connectivity index (χ2v) is 5.59. The van der Waals surface area contributed by atoms with E-state index < -0.39 is 0 Å². The first-order valence-corrected chi connectivity index (χ1v) is 6.16. The second kappa shape index (κ2) is 4.85. The lowest BCUT2D eigenvalue weighted by Crippen LogP contribution is -1.83. The lowest BCUT2D eigenvalue weighted by atomic mass is 10.2. The van der Waals surface area contributed by atoms with Gasteiger partial charge in [0.15, 0.2) is 0 Å². The molecule has 0 amide bonds. The van der Waals surface area contributed by atoms with Crippen molar-refractivity contribution in [3.63, 3.8) is 0 Å². The Bertz CT molecular complexity index is 240. The quantitative estimate of drug-likeness (QED) is 0.667. The van der Waals surface area contributed by atoms with Crippen LogP contribution in [0.5, 0.6) is 0 Å². The first kappa shape index (κ1) is 10.8. The molecule has 0 aliphatic heterocycles. The van der Waals surface area contributed by atoms with E-state index in [0.29, 0.717) is 0 Å². The van der Waals surface area contributed by atoms with Crippen LogP contribution in [0.4, 0.5) is 0 Å². The molecule has 12 heavy (non-hydrogen) atoms. The molecule has 4 heteroatoms. The normalized spacial score (nSPS) is 13.3. The van der Waals surface area contributed by atoms with Gasteiger partial charge in [0, 0.05) is 9.35 Å². The third-order valence-corrected chi connectivity index (χ3v) is 4.69. The summed E-state index contributed by atoms with van der Waals surface area (Å²) in [4.78, 5) is 1.15. The van der Waals surface area contributed by atoms with Crippen molar-refractivity contribution in [1.82, 2.24) is 0 Å². The molecule has 0 aliphatic carbocycles. The molecular weight excluding hydrogens is 279 g/mol. The minimum atomic E-state index is 0.115. The lowest BCUT2D eigenvalue weighted by molar-refractivity contribution is 0.780. The Balaban J connectivity index is 2.74.